The van der Waals surface area contributed by atoms with Crippen molar-refractivity contribution in [1.29, 1.82) is 0 Å². The Morgan fingerprint density at radius 1 is 1.04 bits per heavy atom. The smallest absolute Gasteiger partial charge is 0.261 e. The summed E-state index contributed by atoms with van der Waals surface area (Å²) >= 11 is 1.59. The number of aromatic nitrogens is 2. The topological polar surface area (TPSA) is 34.9 Å². The highest BCUT2D eigenvalue weighted by Gasteiger charge is 2.13. The van der Waals surface area contributed by atoms with Crippen molar-refractivity contribution in [3.05, 3.63) is 70.0 Å². The van der Waals surface area contributed by atoms with E-state index in [1.54, 1.807) is 23.4 Å². The van der Waals surface area contributed by atoms with Crippen LogP contribution in [0.3, 0.4) is 0 Å². The first-order valence-corrected chi connectivity index (χ1v) is 9.03. The van der Waals surface area contributed by atoms with Gasteiger partial charge in [-0.2, -0.15) is 0 Å². The molecule has 1 aromatic heterocycles. The summed E-state index contributed by atoms with van der Waals surface area (Å²) in [5, 5.41) is 1.41. The van der Waals surface area contributed by atoms with Gasteiger partial charge in [-0.1, -0.05) is 68.9 Å². The second kappa shape index (κ2) is 6.44. The maximum Gasteiger partial charge on any atom is 0.261 e. The highest BCUT2D eigenvalue weighted by atomic mass is 32.2. The van der Waals surface area contributed by atoms with Crippen molar-refractivity contribution in [2.24, 2.45) is 7.05 Å². The molecule has 0 radical (unpaired) electrons. The molecule has 1 heterocycles. The van der Waals surface area contributed by atoms with E-state index in [-0.39, 0.29) is 11.0 Å². The summed E-state index contributed by atoms with van der Waals surface area (Å²) < 4.78 is 1.64. The van der Waals surface area contributed by atoms with E-state index in [0.29, 0.717) is 5.39 Å². The van der Waals surface area contributed by atoms with Crippen molar-refractivity contribution in [3.63, 3.8) is 0 Å². The Kier molecular flexibility index (Phi) is 4.50. The Morgan fingerprint density at radius 2 is 1.71 bits per heavy atom. The molecule has 0 saturated carbocycles. The highest BCUT2D eigenvalue weighted by Crippen LogP contribution is 2.25. The molecule has 0 unspecified atom stereocenters. The van der Waals surface area contributed by atoms with Gasteiger partial charge in [-0.15, -0.1) is 0 Å². The van der Waals surface area contributed by atoms with Crippen molar-refractivity contribution in [2.75, 3.05) is 0 Å². The number of hydrogen-bond acceptors (Lipinski definition) is 3. The first-order valence-electron chi connectivity index (χ1n) is 8.04. The molecule has 3 rings (SSSR count). The van der Waals surface area contributed by atoms with E-state index in [4.69, 9.17) is 0 Å². The van der Waals surface area contributed by atoms with Crippen LogP contribution in [0.2, 0.25) is 0 Å². The van der Waals surface area contributed by atoms with Crippen LogP contribution >= 0.6 is 11.8 Å². The van der Waals surface area contributed by atoms with E-state index in [1.165, 1.54) is 11.1 Å². The Bertz CT molecular complexity index is 921. The lowest BCUT2D eigenvalue weighted by atomic mass is 9.87. The lowest BCUT2D eigenvalue weighted by Gasteiger charge is -2.19. The highest BCUT2D eigenvalue weighted by molar-refractivity contribution is 7.98. The van der Waals surface area contributed by atoms with Gasteiger partial charge >= 0.3 is 0 Å². The summed E-state index contributed by atoms with van der Waals surface area (Å²) in [5.41, 5.74) is 3.48. The molecule has 0 saturated heterocycles. The maximum absolute atomic E-state index is 12.4. The average molecular weight is 338 g/mol. The quantitative estimate of drug-likeness (QED) is 0.520. The molecule has 0 spiro atoms. The summed E-state index contributed by atoms with van der Waals surface area (Å²) in [6, 6.07) is 16.2. The van der Waals surface area contributed by atoms with Gasteiger partial charge < -0.3 is 0 Å². The molecule has 24 heavy (non-hydrogen) atoms. The van der Waals surface area contributed by atoms with Crippen molar-refractivity contribution in [1.82, 2.24) is 9.55 Å². The second-order valence-corrected chi connectivity index (χ2v) is 7.95. The largest absolute Gasteiger partial charge is 0.290 e. The normalized spacial score (nSPS) is 11.8. The summed E-state index contributed by atoms with van der Waals surface area (Å²) in [6.07, 6.45) is 0. The van der Waals surface area contributed by atoms with Crippen LogP contribution in [-0.2, 0) is 18.2 Å². The van der Waals surface area contributed by atoms with Crippen molar-refractivity contribution in [2.45, 2.75) is 37.1 Å². The van der Waals surface area contributed by atoms with E-state index in [9.17, 15) is 4.79 Å². The number of fused-ring (bicyclic) bond motifs is 1. The van der Waals surface area contributed by atoms with Gasteiger partial charge in [0.15, 0.2) is 5.16 Å². The predicted molar refractivity (Wildman–Crippen MR) is 102 cm³/mol. The molecule has 0 fully saturated rings. The van der Waals surface area contributed by atoms with Crippen molar-refractivity contribution in [3.8, 4) is 0 Å². The molecular weight excluding hydrogens is 316 g/mol. The average Bonchev–Trinajstić information content (AvgIpc) is 2.56. The Hall–Kier alpha value is -2.07. The maximum atomic E-state index is 12.4. The van der Waals surface area contributed by atoms with Crippen LogP contribution in [0.1, 0.15) is 31.9 Å². The molecule has 0 aliphatic rings. The molecule has 3 aromatic rings. The molecule has 0 aliphatic heterocycles. The van der Waals surface area contributed by atoms with Gasteiger partial charge in [0.2, 0.25) is 0 Å². The van der Waals surface area contributed by atoms with Crippen LogP contribution < -0.4 is 5.56 Å². The van der Waals surface area contributed by atoms with Gasteiger partial charge in [0.25, 0.3) is 5.56 Å². The van der Waals surface area contributed by atoms with E-state index in [1.807, 2.05) is 24.3 Å². The third kappa shape index (κ3) is 3.39. The summed E-state index contributed by atoms with van der Waals surface area (Å²) in [6.45, 7) is 6.64. The van der Waals surface area contributed by atoms with Crippen molar-refractivity contribution < 1.29 is 0 Å². The summed E-state index contributed by atoms with van der Waals surface area (Å²) in [7, 11) is 1.78. The SMILES string of the molecule is Cn1c(SCc2ccc(C(C)(C)C)cc2)nc2ccccc2c1=O. The van der Waals surface area contributed by atoms with Crippen LogP contribution in [0.4, 0.5) is 0 Å². The van der Waals surface area contributed by atoms with E-state index < -0.39 is 0 Å². The Morgan fingerprint density at radius 3 is 2.38 bits per heavy atom. The monoisotopic (exact) mass is 338 g/mol. The Balaban J connectivity index is 1.83. The second-order valence-electron chi connectivity index (χ2n) is 7.01. The van der Waals surface area contributed by atoms with Gasteiger partial charge in [-0.3, -0.25) is 9.36 Å². The summed E-state index contributed by atoms with van der Waals surface area (Å²) in [5.74, 6) is 0.795. The molecule has 0 aliphatic carbocycles. The van der Waals surface area contributed by atoms with E-state index in [2.05, 4.69) is 50.0 Å². The predicted octanol–water partition coefficient (Wildman–Crippen LogP) is 4.52. The number of hydrogen-bond donors (Lipinski definition) is 0. The van der Waals surface area contributed by atoms with Gasteiger partial charge in [-0.25, -0.2) is 4.98 Å². The molecule has 0 N–H and O–H groups in total. The first kappa shape index (κ1) is 16.8. The number of para-hydroxylation sites is 1. The zero-order chi connectivity index (χ0) is 17.3. The fraction of sp³-hybridized carbons (Fsp3) is 0.300. The molecule has 2 aromatic carbocycles. The minimum absolute atomic E-state index is 0.00572. The lowest BCUT2D eigenvalue weighted by molar-refractivity contribution is 0.590. The fourth-order valence-electron chi connectivity index (χ4n) is 2.58. The van der Waals surface area contributed by atoms with Gasteiger partial charge in [0.05, 0.1) is 10.9 Å². The molecule has 0 atom stereocenters. The number of nitrogens with zero attached hydrogens (tertiary/aromatic N) is 2. The molecule has 124 valence electrons. The van der Waals surface area contributed by atoms with Gasteiger partial charge in [0, 0.05) is 12.8 Å². The van der Waals surface area contributed by atoms with Crippen LogP contribution in [0.5, 0.6) is 0 Å². The van der Waals surface area contributed by atoms with Crippen molar-refractivity contribution >= 4 is 22.7 Å². The van der Waals surface area contributed by atoms with E-state index >= 15 is 0 Å². The zero-order valence-corrected chi connectivity index (χ0v) is 15.4. The number of thioether (sulfide) groups is 1. The third-order valence-corrected chi connectivity index (χ3v) is 5.23. The van der Waals surface area contributed by atoms with Crippen LogP contribution in [0, 0.1) is 0 Å². The standard InChI is InChI=1S/C20H22N2OS/c1-20(2,3)15-11-9-14(10-12-15)13-24-19-21-17-8-6-5-7-16(17)18(23)22(19)4/h5-12H,13H2,1-4H3. The number of benzene rings is 2. The molecular formula is C20H22N2OS. The minimum atomic E-state index is 0.00572. The first-order chi connectivity index (χ1) is 11.4. The Labute approximate surface area is 146 Å². The number of rotatable bonds is 3. The van der Waals surface area contributed by atoms with E-state index in [0.717, 1.165) is 16.4 Å². The molecule has 3 nitrogen and oxygen atoms in total. The summed E-state index contributed by atoms with van der Waals surface area (Å²) in [4.78, 5) is 17.1. The zero-order valence-electron chi connectivity index (χ0n) is 14.5. The third-order valence-electron chi connectivity index (χ3n) is 4.13. The molecule has 0 amide bonds. The van der Waals surface area contributed by atoms with Crippen LogP contribution in [0.25, 0.3) is 10.9 Å². The minimum Gasteiger partial charge on any atom is -0.290 e. The lowest BCUT2D eigenvalue weighted by Crippen LogP contribution is -2.19. The van der Waals surface area contributed by atoms with Gasteiger partial charge in [0.1, 0.15) is 0 Å². The van der Waals surface area contributed by atoms with Crippen LogP contribution in [-0.4, -0.2) is 9.55 Å². The molecule has 4 heteroatoms. The van der Waals surface area contributed by atoms with Gasteiger partial charge in [-0.05, 0) is 28.7 Å². The van der Waals surface area contributed by atoms with Crippen LogP contribution in [0.15, 0.2) is 58.5 Å². The molecule has 0 bridgehead atoms. The fourth-order valence-corrected chi connectivity index (χ4v) is 3.50.